The van der Waals surface area contributed by atoms with Crippen LogP contribution in [0.2, 0.25) is 0 Å². The Kier molecular flexibility index (Phi) is 7.00. The predicted molar refractivity (Wildman–Crippen MR) is 109 cm³/mol. The first kappa shape index (κ1) is 20.6. The van der Waals surface area contributed by atoms with Gasteiger partial charge in [0.05, 0.1) is 6.04 Å². The van der Waals surface area contributed by atoms with Crippen molar-refractivity contribution in [2.75, 3.05) is 6.61 Å². The maximum atomic E-state index is 13.3. The van der Waals surface area contributed by atoms with Crippen LogP contribution in [0, 0.1) is 11.7 Å². The lowest BCUT2D eigenvalue weighted by Gasteiger charge is -2.24. The molecule has 1 saturated carbocycles. The molecule has 0 heterocycles. The number of carbonyl (C=O) groups excluding carboxylic acids is 2. The van der Waals surface area contributed by atoms with Crippen LogP contribution >= 0.6 is 0 Å². The third-order valence-electron chi connectivity index (χ3n) is 5.09. The Bertz CT molecular complexity index is 857. The Labute approximate surface area is 169 Å². The topological polar surface area (TPSA) is 81.4 Å². The SMILES string of the molecule is NC(=O)COc1ccc(/C=C/C(=O)NC(c2ccc(F)cc2)C2CCCC2)cc1. The molecule has 2 aromatic rings. The molecule has 29 heavy (non-hydrogen) atoms. The van der Waals surface area contributed by atoms with Gasteiger partial charge in [-0.1, -0.05) is 37.1 Å². The van der Waals surface area contributed by atoms with Crippen molar-refractivity contribution in [1.82, 2.24) is 5.32 Å². The van der Waals surface area contributed by atoms with Crippen molar-refractivity contribution in [3.05, 3.63) is 71.6 Å². The zero-order valence-corrected chi connectivity index (χ0v) is 16.1. The van der Waals surface area contributed by atoms with Crippen LogP contribution < -0.4 is 15.8 Å². The molecule has 1 unspecified atom stereocenters. The third-order valence-corrected chi connectivity index (χ3v) is 5.09. The zero-order chi connectivity index (χ0) is 20.6. The number of benzene rings is 2. The quantitative estimate of drug-likeness (QED) is 0.667. The largest absolute Gasteiger partial charge is 0.484 e. The monoisotopic (exact) mass is 396 g/mol. The van der Waals surface area contributed by atoms with Crippen LogP contribution in [0.15, 0.2) is 54.6 Å². The number of carbonyl (C=O) groups is 2. The molecule has 5 nitrogen and oxygen atoms in total. The standard InChI is InChI=1S/C23H25FN2O3/c24-19-10-8-18(9-11-19)23(17-3-1-2-4-17)26-22(28)14-7-16-5-12-20(13-6-16)29-15-21(25)27/h5-14,17,23H,1-4,15H2,(H2,25,27)(H,26,28)/b14-7+. The number of nitrogens with two attached hydrogens (primary N) is 1. The predicted octanol–water partition coefficient (Wildman–Crippen LogP) is 3.75. The van der Waals surface area contributed by atoms with E-state index in [1.807, 2.05) is 0 Å². The molecule has 6 heteroatoms. The Balaban J connectivity index is 1.63. The van der Waals surface area contributed by atoms with Crippen LogP contribution in [0.25, 0.3) is 6.08 Å². The van der Waals surface area contributed by atoms with Gasteiger partial charge in [-0.3, -0.25) is 9.59 Å². The van der Waals surface area contributed by atoms with Gasteiger partial charge in [0.1, 0.15) is 11.6 Å². The van der Waals surface area contributed by atoms with E-state index in [4.69, 9.17) is 10.5 Å². The van der Waals surface area contributed by atoms with E-state index in [0.717, 1.165) is 36.8 Å². The molecule has 0 spiro atoms. The van der Waals surface area contributed by atoms with Gasteiger partial charge in [0.2, 0.25) is 5.91 Å². The van der Waals surface area contributed by atoms with Gasteiger partial charge in [-0.2, -0.15) is 0 Å². The average molecular weight is 396 g/mol. The van der Waals surface area contributed by atoms with Crippen LogP contribution in [0.5, 0.6) is 5.75 Å². The highest BCUT2D eigenvalue weighted by atomic mass is 19.1. The van der Waals surface area contributed by atoms with Gasteiger partial charge in [0.25, 0.3) is 5.91 Å². The molecule has 0 saturated heterocycles. The van der Waals surface area contributed by atoms with E-state index in [0.29, 0.717) is 11.7 Å². The molecule has 2 amide bonds. The summed E-state index contributed by atoms with van der Waals surface area (Å²) in [5.41, 5.74) is 6.80. The van der Waals surface area contributed by atoms with Crippen LogP contribution in [0.4, 0.5) is 4.39 Å². The van der Waals surface area contributed by atoms with Crippen molar-refractivity contribution < 1.29 is 18.7 Å². The summed E-state index contributed by atoms with van der Waals surface area (Å²) in [7, 11) is 0. The Morgan fingerprint density at radius 2 is 1.76 bits per heavy atom. The van der Waals surface area contributed by atoms with E-state index in [1.165, 1.54) is 18.2 Å². The lowest BCUT2D eigenvalue weighted by Crippen LogP contribution is -2.31. The second kappa shape index (κ2) is 9.87. The molecule has 1 aliphatic rings. The van der Waals surface area contributed by atoms with Gasteiger partial charge in [-0.25, -0.2) is 4.39 Å². The highest BCUT2D eigenvalue weighted by Gasteiger charge is 2.27. The summed E-state index contributed by atoms with van der Waals surface area (Å²) in [5, 5.41) is 3.08. The Morgan fingerprint density at radius 3 is 2.38 bits per heavy atom. The summed E-state index contributed by atoms with van der Waals surface area (Å²) < 4.78 is 18.5. The fourth-order valence-corrected chi connectivity index (χ4v) is 3.64. The summed E-state index contributed by atoms with van der Waals surface area (Å²) >= 11 is 0. The fourth-order valence-electron chi connectivity index (χ4n) is 3.64. The lowest BCUT2D eigenvalue weighted by molar-refractivity contribution is -0.120. The second-order valence-electron chi connectivity index (χ2n) is 7.24. The summed E-state index contributed by atoms with van der Waals surface area (Å²) in [6.45, 7) is -0.177. The third kappa shape index (κ3) is 6.17. The van der Waals surface area contributed by atoms with Crippen LogP contribution in [-0.2, 0) is 9.59 Å². The number of amides is 2. The van der Waals surface area contributed by atoms with Gasteiger partial charge in [-0.05, 0) is 60.2 Å². The highest BCUT2D eigenvalue weighted by molar-refractivity contribution is 5.92. The minimum absolute atomic E-state index is 0.125. The van der Waals surface area contributed by atoms with Crippen LogP contribution in [-0.4, -0.2) is 18.4 Å². The smallest absolute Gasteiger partial charge is 0.255 e. The molecular formula is C23H25FN2O3. The number of nitrogens with one attached hydrogen (secondary N) is 1. The Morgan fingerprint density at radius 1 is 1.10 bits per heavy atom. The minimum Gasteiger partial charge on any atom is -0.484 e. The molecule has 0 aliphatic heterocycles. The molecule has 0 radical (unpaired) electrons. The normalized spacial score (nSPS) is 15.3. The average Bonchev–Trinajstić information content (AvgIpc) is 3.25. The summed E-state index contributed by atoms with van der Waals surface area (Å²) in [6, 6.07) is 13.2. The van der Waals surface area contributed by atoms with Crippen molar-refractivity contribution in [3.8, 4) is 5.75 Å². The number of ether oxygens (including phenoxy) is 1. The maximum Gasteiger partial charge on any atom is 0.255 e. The van der Waals surface area contributed by atoms with Gasteiger partial charge in [0, 0.05) is 6.08 Å². The molecule has 1 atom stereocenters. The first-order valence-corrected chi connectivity index (χ1v) is 9.76. The molecule has 3 N–H and O–H groups in total. The van der Waals surface area contributed by atoms with E-state index in [9.17, 15) is 14.0 Å². The molecule has 0 bridgehead atoms. The van der Waals surface area contributed by atoms with Crippen molar-refractivity contribution >= 4 is 17.9 Å². The van der Waals surface area contributed by atoms with Crippen molar-refractivity contribution in [2.45, 2.75) is 31.7 Å². The zero-order valence-electron chi connectivity index (χ0n) is 16.1. The van der Waals surface area contributed by atoms with E-state index in [2.05, 4.69) is 5.32 Å². The second-order valence-corrected chi connectivity index (χ2v) is 7.24. The van der Waals surface area contributed by atoms with Crippen molar-refractivity contribution in [3.63, 3.8) is 0 Å². The molecule has 3 rings (SSSR count). The number of halogens is 1. The number of primary amides is 1. The molecule has 1 fully saturated rings. The maximum absolute atomic E-state index is 13.3. The summed E-state index contributed by atoms with van der Waals surface area (Å²) in [6.07, 6.45) is 7.61. The summed E-state index contributed by atoms with van der Waals surface area (Å²) in [4.78, 5) is 23.3. The van der Waals surface area contributed by atoms with Gasteiger partial charge >= 0.3 is 0 Å². The Hall–Kier alpha value is -3.15. The van der Waals surface area contributed by atoms with E-state index in [-0.39, 0.29) is 24.4 Å². The fraction of sp³-hybridized carbons (Fsp3) is 0.304. The lowest BCUT2D eigenvalue weighted by atomic mass is 9.91. The molecule has 152 valence electrons. The van der Waals surface area contributed by atoms with Gasteiger partial charge < -0.3 is 15.8 Å². The van der Waals surface area contributed by atoms with Crippen LogP contribution in [0.1, 0.15) is 42.9 Å². The molecule has 2 aromatic carbocycles. The molecular weight excluding hydrogens is 371 g/mol. The van der Waals surface area contributed by atoms with Crippen molar-refractivity contribution in [2.24, 2.45) is 11.7 Å². The van der Waals surface area contributed by atoms with Gasteiger partial charge in [0.15, 0.2) is 6.61 Å². The number of hydrogen-bond acceptors (Lipinski definition) is 3. The number of hydrogen-bond donors (Lipinski definition) is 2. The van der Waals surface area contributed by atoms with E-state index < -0.39 is 5.91 Å². The van der Waals surface area contributed by atoms with E-state index in [1.54, 1.807) is 42.5 Å². The first-order valence-electron chi connectivity index (χ1n) is 9.76. The summed E-state index contributed by atoms with van der Waals surface area (Å²) in [5.74, 6) is -0.125. The highest BCUT2D eigenvalue weighted by Crippen LogP contribution is 2.35. The van der Waals surface area contributed by atoms with Crippen LogP contribution in [0.3, 0.4) is 0 Å². The molecule has 1 aliphatic carbocycles. The first-order chi connectivity index (χ1) is 14.0. The number of rotatable bonds is 8. The molecule has 0 aromatic heterocycles. The van der Waals surface area contributed by atoms with Crippen molar-refractivity contribution in [1.29, 1.82) is 0 Å². The minimum atomic E-state index is -0.538. The van der Waals surface area contributed by atoms with E-state index >= 15 is 0 Å². The van der Waals surface area contributed by atoms with Gasteiger partial charge in [-0.15, -0.1) is 0 Å².